The molecule has 8 heteroatoms. The molecule has 1 atom stereocenters. The highest BCUT2D eigenvalue weighted by Crippen LogP contribution is 2.17. The van der Waals surface area contributed by atoms with Crippen LogP contribution in [0.1, 0.15) is 36.0 Å². The zero-order valence-electron chi connectivity index (χ0n) is 16.2. The molecule has 152 valence electrons. The molecule has 1 aliphatic heterocycles. The molecule has 1 unspecified atom stereocenters. The summed E-state index contributed by atoms with van der Waals surface area (Å²) in [6, 6.07) is 6.66. The lowest BCUT2D eigenvalue weighted by Crippen LogP contribution is -2.46. The third-order valence-electron chi connectivity index (χ3n) is 4.90. The summed E-state index contributed by atoms with van der Waals surface area (Å²) in [5.74, 6) is -1.55. The van der Waals surface area contributed by atoms with Gasteiger partial charge >= 0.3 is 5.97 Å². The Bertz CT molecular complexity index is 731. The highest BCUT2D eigenvalue weighted by atomic mass is 16.5. The fourth-order valence-corrected chi connectivity index (χ4v) is 3.13. The van der Waals surface area contributed by atoms with Gasteiger partial charge in [-0.05, 0) is 37.1 Å². The molecule has 1 aromatic rings. The number of carboxylic acids is 1. The number of rotatable bonds is 8. The zero-order chi connectivity index (χ0) is 20.7. The number of ether oxygens (including phenoxy) is 1. The van der Waals surface area contributed by atoms with Crippen molar-refractivity contribution < 1.29 is 29.0 Å². The minimum atomic E-state index is -0.904. The highest BCUT2D eigenvalue weighted by molar-refractivity contribution is 5.98. The van der Waals surface area contributed by atoms with Gasteiger partial charge in [0.25, 0.3) is 0 Å². The van der Waals surface area contributed by atoms with Crippen molar-refractivity contribution in [3.8, 4) is 5.75 Å². The molecule has 1 N–H and O–H groups in total. The summed E-state index contributed by atoms with van der Waals surface area (Å²) in [5.41, 5.74) is 0.500. The Hall–Kier alpha value is -2.90. The van der Waals surface area contributed by atoms with Gasteiger partial charge in [-0.1, -0.05) is 0 Å². The van der Waals surface area contributed by atoms with E-state index in [1.807, 2.05) is 0 Å². The molecule has 1 heterocycles. The summed E-state index contributed by atoms with van der Waals surface area (Å²) >= 11 is 0. The minimum absolute atomic E-state index is 0.00634. The SMILES string of the molecule is COc1ccc(C(=O)CCC(=O)N(C)CC(=O)N2CCCC(C(=O)O)C2)cc1. The number of nitrogens with zero attached hydrogens (tertiary/aromatic N) is 2. The lowest BCUT2D eigenvalue weighted by atomic mass is 9.98. The number of ketones is 1. The Labute approximate surface area is 164 Å². The number of hydrogen-bond acceptors (Lipinski definition) is 5. The lowest BCUT2D eigenvalue weighted by molar-refractivity contribution is -0.147. The van der Waals surface area contributed by atoms with Gasteiger partial charge < -0.3 is 19.6 Å². The number of likely N-dealkylation sites (tertiary alicyclic amines) is 1. The van der Waals surface area contributed by atoms with Gasteiger partial charge in [-0.3, -0.25) is 19.2 Å². The van der Waals surface area contributed by atoms with E-state index in [1.165, 1.54) is 16.8 Å². The van der Waals surface area contributed by atoms with Crippen molar-refractivity contribution in [3.05, 3.63) is 29.8 Å². The molecule has 1 fully saturated rings. The molecule has 2 amide bonds. The number of Topliss-reactive ketones (excluding diaryl/α,β-unsaturated/α-hetero) is 1. The standard InChI is InChI=1S/C20H26N2O6/c1-21(13-19(25)22-11-3-4-15(12-22)20(26)27)18(24)10-9-17(23)14-5-7-16(28-2)8-6-14/h5-8,15H,3-4,9-13H2,1-2H3,(H,26,27). The molecule has 0 radical (unpaired) electrons. The van der Waals surface area contributed by atoms with Gasteiger partial charge in [0.2, 0.25) is 11.8 Å². The van der Waals surface area contributed by atoms with E-state index in [2.05, 4.69) is 0 Å². The van der Waals surface area contributed by atoms with Crippen molar-refractivity contribution in [2.45, 2.75) is 25.7 Å². The van der Waals surface area contributed by atoms with E-state index in [0.29, 0.717) is 30.7 Å². The molecule has 0 bridgehead atoms. The number of piperidine rings is 1. The van der Waals surface area contributed by atoms with E-state index in [1.54, 1.807) is 31.4 Å². The minimum Gasteiger partial charge on any atom is -0.497 e. The molecule has 0 spiro atoms. The Morgan fingerprint density at radius 2 is 1.86 bits per heavy atom. The maximum Gasteiger partial charge on any atom is 0.308 e. The quantitative estimate of drug-likeness (QED) is 0.674. The van der Waals surface area contributed by atoms with Crippen LogP contribution in [0, 0.1) is 5.92 Å². The molecule has 1 aliphatic rings. The van der Waals surface area contributed by atoms with Gasteiger partial charge in [-0.15, -0.1) is 0 Å². The van der Waals surface area contributed by atoms with Crippen LogP contribution >= 0.6 is 0 Å². The second-order valence-electron chi connectivity index (χ2n) is 6.92. The highest BCUT2D eigenvalue weighted by Gasteiger charge is 2.29. The molecule has 2 rings (SSSR count). The predicted molar refractivity (Wildman–Crippen MR) is 101 cm³/mol. The van der Waals surface area contributed by atoms with Crippen molar-refractivity contribution in [3.63, 3.8) is 0 Å². The number of likely N-dealkylation sites (N-methyl/N-ethyl adjacent to an activating group) is 1. The zero-order valence-corrected chi connectivity index (χ0v) is 16.2. The molecule has 1 saturated heterocycles. The largest absolute Gasteiger partial charge is 0.497 e. The van der Waals surface area contributed by atoms with Gasteiger partial charge in [0.1, 0.15) is 5.75 Å². The Morgan fingerprint density at radius 3 is 2.46 bits per heavy atom. The van der Waals surface area contributed by atoms with Gasteiger partial charge in [-0.2, -0.15) is 0 Å². The average molecular weight is 390 g/mol. The topological polar surface area (TPSA) is 104 Å². The summed E-state index contributed by atoms with van der Waals surface area (Å²) in [6.45, 7) is 0.550. The maximum atomic E-state index is 12.4. The summed E-state index contributed by atoms with van der Waals surface area (Å²) in [6.07, 6.45) is 1.25. The van der Waals surface area contributed by atoms with E-state index in [0.717, 1.165) is 0 Å². The van der Waals surface area contributed by atoms with Crippen LogP contribution in [-0.2, 0) is 14.4 Å². The van der Waals surface area contributed by atoms with Gasteiger partial charge in [0, 0.05) is 38.5 Å². The van der Waals surface area contributed by atoms with Crippen LogP contribution in [0.2, 0.25) is 0 Å². The summed E-state index contributed by atoms with van der Waals surface area (Å²) < 4.78 is 5.04. The number of carbonyl (C=O) groups is 4. The van der Waals surface area contributed by atoms with Gasteiger partial charge in [0.15, 0.2) is 5.78 Å². The summed E-state index contributed by atoms with van der Waals surface area (Å²) in [5, 5.41) is 9.11. The maximum absolute atomic E-state index is 12.4. The van der Waals surface area contributed by atoms with Crippen LogP contribution in [0.4, 0.5) is 0 Å². The molecule has 0 saturated carbocycles. The second-order valence-corrected chi connectivity index (χ2v) is 6.92. The van der Waals surface area contributed by atoms with E-state index < -0.39 is 11.9 Å². The van der Waals surface area contributed by atoms with Crippen LogP contribution in [0.15, 0.2) is 24.3 Å². The van der Waals surface area contributed by atoms with Crippen LogP contribution in [0.5, 0.6) is 5.75 Å². The summed E-state index contributed by atoms with van der Waals surface area (Å²) in [7, 11) is 3.05. The van der Waals surface area contributed by atoms with Crippen LogP contribution in [-0.4, -0.2) is 72.3 Å². The number of carbonyl (C=O) groups excluding carboxylic acids is 3. The van der Waals surface area contributed by atoms with Crippen molar-refractivity contribution in [2.24, 2.45) is 5.92 Å². The van der Waals surface area contributed by atoms with Crippen LogP contribution < -0.4 is 4.74 Å². The van der Waals surface area contributed by atoms with Gasteiger partial charge in [-0.25, -0.2) is 0 Å². The Morgan fingerprint density at radius 1 is 1.18 bits per heavy atom. The van der Waals surface area contributed by atoms with E-state index in [-0.39, 0.29) is 43.5 Å². The lowest BCUT2D eigenvalue weighted by Gasteiger charge is -2.32. The van der Waals surface area contributed by atoms with Crippen LogP contribution in [0.3, 0.4) is 0 Å². The molecule has 8 nitrogen and oxygen atoms in total. The Balaban J connectivity index is 1.80. The second kappa shape index (κ2) is 9.87. The number of methoxy groups -OCH3 is 1. The number of benzene rings is 1. The first-order valence-corrected chi connectivity index (χ1v) is 9.23. The monoisotopic (exact) mass is 390 g/mol. The number of carboxylic acid groups (broad SMARTS) is 1. The smallest absolute Gasteiger partial charge is 0.308 e. The van der Waals surface area contributed by atoms with Gasteiger partial charge in [0.05, 0.1) is 19.6 Å². The van der Waals surface area contributed by atoms with Crippen molar-refractivity contribution in [1.82, 2.24) is 9.80 Å². The van der Waals surface area contributed by atoms with Crippen molar-refractivity contribution >= 4 is 23.6 Å². The summed E-state index contributed by atoms with van der Waals surface area (Å²) in [4.78, 5) is 50.7. The molecule has 0 aromatic heterocycles. The number of aliphatic carboxylic acids is 1. The van der Waals surface area contributed by atoms with E-state index >= 15 is 0 Å². The van der Waals surface area contributed by atoms with Crippen LogP contribution in [0.25, 0.3) is 0 Å². The van der Waals surface area contributed by atoms with E-state index in [9.17, 15) is 19.2 Å². The molecule has 0 aliphatic carbocycles. The normalized spacial score (nSPS) is 16.4. The first-order chi connectivity index (χ1) is 13.3. The third kappa shape index (κ3) is 5.80. The van der Waals surface area contributed by atoms with Crippen molar-refractivity contribution in [1.29, 1.82) is 0 Å². The molecule has 28 heavy (non-hydrogen) atoms. The van der Waals surface area contributed by atoms with E-state index in [4.69, 9.17) is 9.84 Å². The predicted octanol–water partition coefficient (Wildman–Crippen LogP) is 1.44. The fraction of sp³-hybridized carbons (Fsp3) is 0.500. The van der Waals surface area contributed by atoms with Crippen molar-refractivity contribution in [2.75, 3.05) is 33.8 Å². The first-order valence-electron chi connectivity index (χ1n) is 9.23. The third-order valence-corrected chi connectivity index (χ3v) is 4.90. The Kier molecular flexibility index (Phi) is 7.54. The average Bonchev–Trinajstić information content (AvgIpc) is 2.71. The molecule has 1 aromatic carbocycles. The molecular weight excluding hydrogens is 364 g/mol. The first kappa shape index (κ1) is 21.4. The number of hydrogen-bond donors (Lipinski definition) is 1. The molecular formula is C20H26N2O6. The number of amides is 2. The fourth-order valence-electron chi connectivity index (χ4n) is 3.13.